The highest BCUT2D eigenvalue weighted by Crippen LogP contribution is 2.15. The van der Waals surface area contributed by atoms with Gasteiger partial charge in [-0.2, -0.15) is 10.1 Å². The van der Waals surface area contributed by atoms with E-state index >= 15 is 0 Å². The van der Waals surface area contributed by atoms with Crippen LogP contribution < -0.4 is 16.7 Å². The Morgan fingerprint density at radius 2 is 2.04 bits per heavy atom. The van der Waals surface area contributed by atoms with Crippen LogP contribution in [0.5, 0.6) is 0 Å². The molecule has 0 radical (unpaired) electrons. The van der Waals surface area contributed by atoms with Crippen molar-refractivity contribution in [2.75, 3.05) is 5.43 Å². The molecule has 1 aromatic carbocycles. The Hall–Kier alpha value is -2.68. The smallest absolute Gasteiger partial charge is 0.303 e. The zero-order chi connectivity index (χ0) is 17.3. The number of nitrogens with zero attached hydrogens (tertiary/aromatic N) is 4. The average molecular weight is 391 g/mol. The molecule has 0 saturated heterocycles. The van der Waals surface area contributed by atoms with E-state index < -0.39 is 11.2 Å². The summed E-state index contributed by atoms with van der Waals surface area (Å²) in [6, 6.07) is 7.65. The lowest BCUT2D eigenvalue weighted by atomic mass is 10.2. The summed E-state index contributed by atoms with van der Waals surface area (Å²) in [6.07, 6.45) is 1.65. The Balaban J connectivity index is 1.99. The van der Waals surface area contributed by atoms with E-state index in [4.69, 9.17) is 0 Å². The minimum atomic E-state index is -0.502. The van der Waals surface area contributed by atoms with Gasteiger partial charge in [-0.15, -0.1) is 0 Å². The van der Waals surface area contributed by atoms with Gasteiger partial charge in [0.2, 0.25) is 5.95 Å². The predicted molar refractivity (Wildman–Crippen MR) is 96.6 cm³/mol. The molecule has 2 N–H and O–H groups in total. The van der Waals surface area contributed by atoms with Gasteiger partial charge in [0, 0.05) is 18.1 Å². The molecule has 8 nitrogen and oxygen atoms in total. The third kappa shape index (κ3) is 2.90. The summed E-state index contributed by atoms with van der Waals surface area (Å²) in [5.41, 5.74) is 3.42. The van der Waals surface area contributed by atoms with E-state index in [1.54, 1.807) is 17.8 Å². The number of hydrogen-bond acceptors (Lipinski definition) is 5. The van der Waals surface area contributed by atoms with Gasteiger partial charge < -0.3 is 4.57 Å². The Labute approximate surface area is 145 Å². The molecule has 3 aromatic rings. The van der Waals surface area contributed by atoms with E-state index in [1.165, 1.54) is 4.57 Å². The highest BCUT2D eigenvalue weighted by Gasteiger charge is 2.15. The summed E-state index contributed by atoms with van der Waals surface area (Å²) in [5.74, 6) is 0.396. The van der Waals surface area contributed by atoms with Crippen LogP contribution in [0.4, 0.5) is 5.95 Å². The number of nitrogens with one attached hydrogen (secondary N) is 2. The number of imidazole rings is 1. The van der Waals surface area contributed by atoms with Crippen LogP contribution in [0.3, 0.4) is 0 Å². The van der Waals surface area contributed by atoms with E-state index in [9.17, 15) is 9.59 Å². The molecule has 0 aliphatic rings. The van der Waals surface area contributed by atoms with Crippen molar-refractivity contribution < 1.29 is 0 Å². The zero-order valence-corrected chi connectivity index (χ0v) is 14.7. The number of H-pyrrole nitrogens is 1. The fourth-order valence-corrected chi connectivity index (χ4v) is 2.61. The number of benzene rings is 1. The highest BCUT2D eigenvalue weighted by atomic mass is 79.9. The van der Waals surface area contributed by atoms with Crippen LogP contribution in [-0.4, -0.2) is 25.3 Å². The first kappa shape index (κ1) is 16.2. The molecule has 0 unspecified atom stereocenters. The molecule has 24 heavy (non-hydrogen) atoms. The van der Waals surface area contributed by atoms with E-state index in [-0.39, 0.29) is 0 Å². The average Bonchev–Trinajstić information content (AvgIpc) is 2.94. The maximum absolute atomic E-state index is 12.1. The first-order valence-corrected chi connectivity index (χ1v) is 8.04. The molecule has 9 heteroatoms. The van der Waals surface area contributed by atoms with Gasteiger partial charge in [0.25, 0.3) is 5.56 Å². The predicted octanol–water partition coefficient (Wildman–Crippen LogP) is 1.65. The van der Waals surface area contributed by atoms with Gasteiger partial charge in [0.15, 0.2) is 11.2 Å². The van der Waals surface area contributed by atoms with Crippen LogP contribution in [0, 0.1) is 0 Å². The van der Waals surface area contributed by atoms with Crippen molar-refractivity contribution in [1.29, 1.82) is 0 Å². The number of fused-ring (bicyclic) bond motifs is 1. The van der Waals surface area contributed by atoms with Crippen LogP contribution in [-0.2, 0) is 13.6 Å². The summed E-state index contributed by atoms with van der Waals surface area (Å²) in [7, 11) is 1.56. The van der Waals surface area contributed by atoms with Crippen LogP contribution in [0.1, 0.15) is 12.5 Å². The number of hydrazone groups is 1. The third-order valence-corrected chi connectivity index (χ3v) is 4.10. The molecular formula is C15H15BrN6O2. The number of aryl methyl sites for hydroxylation is 2. The van der Waals surface area contributed by atoms with Crippen molar-refractivity contribution >= 4 is 39.3 Å². The fourth-order valence-electron chi connectivity index (χ4n) is 2.34. The lowest BCUT2D eigenvalue weighted by Crippen LogP contribution is -2.29. The Morgan fingerprint density at radius 3 is 2.71 bits per heavy atom. The van der Waals surface area contributed by atoms with Crippen molar-refractivity contribution in [1.82, 2.24) is 19.1 Å². The van der Waals surface area contributed by atoms with Crippen LogP contribution in [0.25, 0.3) is 11.2 Å². The van der Waals surface area contributed by atoms with Crippen LogP contribution in [0.15, 0.2) is 43.4 Å². The number of halogens is 1. The molecule has 2 aromatic heterocycles. The number of hydrogen-bond donors (Lipinski definition) is 2. The number of aromatic nitrogens is 4. The second-order valence-corrected chi connectivity index (χ2v) is 6.01. The van der Waals surface area contributed by atoms with Crippen molar-refractivity contribution in [3.63, 3.8) is 0 Å². The molecule has 0 bridgehead atoms. The molecule has 0 spiro atoms. The molecule has 0 aliphatic carbocycles. The minimum absolute atomic E-state index is 0.312. The van der Waals surface area contributed by atoms with Gasteiger partial charge >= 0.3 is 5.69 Å². The SMILES string of the molecule is CCn1c(NN=Cc2ccc(Br)cc2)nc2c1c(=O)[nH]c(=O)n2C. The molecular weight excluding hydrogens is 376 g/mol. The van der Waals surface area contributed by atoms with Gasteiger partial charge in [-0.3, -0.25) is 14.3 Å². The number of anilines is 1. The van der Waals surface area contributed by atoms with Gasteiger partial charge in [0.05, 0.1) is 6.21 Å². The van der Waals surface area contributed by atoms with Gasteiger partial charge in [-0.05, 0) is 24.6 Å². The van der Waals surface area contributed by atoms with Gasteiger partial charge in [-0.25, -0.2) is 10.2 Å². The molecule has 0 saturated carbocycles. The van der Waals surface area contributed by atoms with Crippen molar-refractivity contribution in [3.8, 4) is 0 Å². The number of rotatable bonds is 4. The fraction of sp³-hybridized carbons (Fsp3) is 0.200. The quantitative estimate of drug-likeness (QED) is 0.522. The Bertz CT molecular complexity index is 1030. The van der Waals surface area contributed by atoms with Gasteiger partial charge in [-0.1, -0.05) is 28.1 Å². The summed E-state index contributed by atoms with van der Waals surface area (Å²) in [6.45, 7) is 2.39. The van der Waals surface area contributed by atoms with Crippen molar-refractivity contribution in [2.45, 2.75) is 13.5 Å². The summed E-state index contributed by atoms with van der Waals surface area (Å²) < 4.78 is 3.96. The van der Waals surface area contributed by atoms with E-state index in [0.29, 0.717) is 23.7 Å². The second-order valence-electron chi connectivity index (χ2n) is 5.09. The third-order valence-electron chi connectivity index (χ3n) is 3.57. The topological polar surface area (TPSA) is 97.1 Å². The Morgan fingerprint density at radius 1 is 1.33 bits per heavy atom. The molecule has 2 heterocycles. The lowest BCUT2D eigenvalue weighted by Gasteiger charge is -2.03. The number of aromatic amines is 1. The molecule has 0 aliphatic heterocycles. The van der Waals surface area contributed by atoms with Crippen molar-refractivity contribution in [2.24, 2.45) is 12.1 Å². The molecule has 0 amide bonds. The lowest BCUT2D eigenvalue weighted by molar-refractivity contribution is 0.781. The summed E-state index contributed by atoms with van der Waals surface area (Å²) in [4.78, 5) is 30.4. The standard InChI is InChI=1S/C15H15BrN6O2/c1-3-22-11-12(21(2)15(24)19-13(11)23)18-14(22)20-17-8-9-4-6-10(16)7-5-9/h4-8H,3H2,1-2H3,(H,18,20)(H,19,23,24). The maximum Gasteiger partial charge on any atom is 0.329 e. The maximum atomic E-state index is 12.1. The van der Waals surface area contributed by atoms with E-state index in [1.807, 2.05) is 31.2 Å². The van der Waals surface area contributed by atoms with E-state index in [2.05, 4.69) is 36.4 Å². The first-order valence-electron chi connectivity index (χ1n) is 7.25. The molecule has 0 fully saturated rings. The van der Waals surface area contributed by atoms with Crippen LogP contribution in [0.2, 0.25) is 0 Å². The second kappa shape index (κ2) is 6.44. The monoisotopic (exact) mass is 390 g/mol. The summed E-state index contributed by atoms with van der Waals surface area (Å²) in [5, 5.41) is 4.15. The normalized spacial score (nSPS) is 11.5. The summed E-state index contributed by atoms with van der Waals surface area (Å²) >= 11 is 3.37. The molecule has 124 valence electrons. The first-order chi connectivity index (χ1) is 11.5. The van der Waals surface area contributed by atoms with Crippen LogP contribution >= 0.6 is 15.9 Å². The molecule has 0 atom stereocenters. The highest BCUT2D eigenvalue weighted by molar-refractivity contribution is 9.10. The molecule has 3 rings (SSSR count). The van der Waals surface area contributed by atoms with E-state index in [0.717, 1.165) is 10.0 Å². The van der Waals surface area contributed by atoms with Gasteiger partial charge in [0.1, 0.15) is 0 Å². The minimum Gasteiger partial charge on any atom is -0.303 e. The Kier molecular flexibility index (Phi) is 4.34. The largest absolute Gasteiger partial charge is 0.329 e. The van der Waals surface area contributed by atoms with Crippen molar-refractivity contribution in [3.05, 3.63) is 55.1 Å². The zero-order valence-electron chi connectivity index (χ0n) is 13.1.